The molecule has 2 heterocycles. The van der Waals surface area contributed by atoms with Gasteiger partial charge >= 0.3 is 0 Å². The van der Waals surface area contributed by atoms with Crippen LogP contribution in [0.5, 0.6) is 11.5 Å². The zero-order valence-corrected chi connectivity index (χ0v) is 13.7. The lowest BCUT2D eigenvalue weighted by Gasteiger charge is -2.14. The van der Waals surface area contributed by atoms with E-state index in [1.54, 1.807) is 0 Å². The van der Waals surface area contributed by atoms with E-state index < -0.39 is 0 Å². The third-order valence-electron chi connectivity index (χ3n) is 3.75. The van der Waals surface area contributed by atoms with E-state index in [1.165, 1.54) is 0 Å². The molecule has 1 aliphatic rings. The molecule has 6 heteroatoms. The van der Waals surface area contributed by atoms with Crippen LogP contribution in [0.3, 0.4) is 0 Å². The molecule has 23 heavy (non-hydrogen) atoms. The molecule has 1 unspecified atom stereocenters. The second-order valence-electron chi connectivity index (χ2n) is 5.71. The van der Waals surface area contributed by atoms with E-state index in [1.807, 2.05) is 31.2 Å². The van der Waals surface area contributed by atoms with Gasteiger partial charge in [-0.15, -0.1) is 0 Å². The summed E-state index contributed by atoms with van der Waals surface area (Å²) in [5, 5.41) is 6.64. The average molecular weight is 314 g/mol. The summed E-state index contributed by atoms with van der Waals surface area (Å²) in [6.07, 6.45) is 1.04. The summed E-state index contributed by atoms with van der Waals surface area (Å²) in [4.78, 5) is 8.96. The zero-order valence-electron chi connectivity index (χ0n) is 13.7. The minimum absolute atomic E-state index is 0.290. The fraction of sp³-hybridized carbons (Fsp3) is 0.412. The van der Waals surface area contributed by atoms with Gasteiger partial charge in [-0.2, -0.15) is 4.98 Å². The standard InChI is InChI=1S/C17H22N4O2/c1-4-11(2)19-16-7-12(3)20-17(21-16)18-9-13-5-6-14-15(8-13)23-10-22-14/h5-8,11H,4,9-10H2,1-3H3,(H2,18,19,20,21). The van der Waals surface area contributed by atoms with E-state index in [9.17, 15) is 0 Å². The second-order valence-corrected chi connectivity index (χ2v) is 5.71. The minimum atomic E-state index is 0.290. The van der Waals surface area contributed by atoms with Gasteiger partial charge in [0.25, 0.3) is 0 Å². The fourth-order valence-electron chi connectivity index (χ4n) is 2.31. The quantitative estimate of drug-likeness (QED) is 0.852. The Morgan fingerprint density at radius 1 is 1.17 bits per heavy atom. The molecule has 1 aliphatic heterocycles. The minimum Gasteiger partial charge on any atom is -0.454 e. The van der Waals surface area contributed by atoms with Crippen LogP contribution in [0.1, 0.15) is 31.5 Å². The molecule has 0 aliphatic carbocycles. The molecule has 2 aromatic rings. The molecule has 0 saturated heterocycles. The topological polar surface area (TPSA) is 68.3 Å². The number of hydrogen-bond donors (Lipinski definition) is 2. The Kier molecular flexibility index (Phi) is 4.50. The van der Waals surface area contributed by atoms with Crippen LogP contribution >= 0.6 is 0 Å². The number of aromatic nitrogens is 2. The number of aryl methyl sites for hydroxylation is 1. The van der Waals surface area contributed by atoms with E-state index in [-0.39, 0.29) is 6.79 Å². The lowest BCUT2D eigenvalue weighted by Crippen LogP contribution is -2.15. The second kappa shape index (κ2) is 6.73. The van der Waals surface area contributed by atoms with E-state index in [4.69, 9.17) is 9.47 Å². The molecular formula is C17H22N4O2. The van der Waals surface area contributed by atoms with Gasteiger partial charge in [-0.05, 0) is 38.0 Å². The maximum absolute atomic E-state index is 5.39. The maximum Gasteiger partial charge on any atom is 0.231 e. The van der Waals surface area contributed by atoms with Crippen LogP contribution in [0, 0.1) is 6.92 Å². The summed E-state index contributed by atoms with van der Waals surface area (Å²) in [6.45, 7) is 7.16. The van der Waals surface area contributed by atoms with Gasteiger partial charge in [-0.3, -0.25) is 0 Å². The monoisotopic (exact) mass is 314 g/mol. The van der Waals surface area contributed by atoms with Crippen LogP contribution in [0.2, 0.25) is 0 Å². The molecule has 1 aromatic carbocycles. The Labute approximate surface area is 136 Å². The predicted molar refractivity (Wildman–Crippen MR) is 90.0 cm³/mol. The van der Waals surface area contributed by atoms with Crippen molar-refractivity contribution in [2.24, 2.45) is 0 Å². The van der Waals surface area contributed by atoms with Crippen LogP contribution in [0.4, 0.5) is 11.8 Å². The molecule has 0 radical (unpaired) electrons. The summed E-state index contributed by atoms with van der Waals surface area (Å²) in [5.41, 5.74) is 2.02. The van der Waals surface area contributed by atoms with Crippen LogP contribution in [0.25, 0.3) is 0 Å². The highest BCUT2D eigenvalue weighted by Gasteiger charge is 2.13. The summed E-state index contributed by atoms with van der Waals surface area (Å²) < 4.78 is 10.7. The summed E-state index contributed by atoms with van der Waals surface area (Å²) >= 11 is 0. The molecule has 1 atom stereocenters. The first kappa shape index (κ1) is 15.4. The van der Waals surface area contributed by atoms with Gasteiger partial charge in [0.1, 0.15) is 5.82 Å². The van der Waals surface area contributed by atoms with Crippen molar-refractivity contribution in [2.75, 3.05) is 17.4 Å². The van der Waals surface area contributed by atoms with Crippen molar-refractivity contribution >= 4 is 11.8 Å². The first-order valence-corrected chi connectivity index (χ1v) is 7.88. The van der Waals surface area contributed by atoms with Crippen molar-refractivity contribution in [1.29, 1.82) is 0 Å². The number of benzene rings is 1. The number of anilines is 2. The highest BCUT2D eigenvalue weighted by atomic mass is 16.7. The first-order chi connectivity index (χ1) is 11.1. The smallest absolute Gasteiger partial charge is 0.231 e. The molecule has 0 amide bonds. The lowest BCUT2D eigenvalue weighted by atomic mass is 10.2. The SMILES string of the molecule is CCC(C)Nc1cc(C)nc(NCc2ccc3c(c2)OCO3)n1. The van der Waals surface area contributed by atoms with Gasteiger partial charge in [0, 0.05) is 24.3 Å². The molecule has 0 bridgehead atoms. The van der Waals surface area contributed by atoms with E-state index in [0.29, 0.717) is 18.5 Å². The highest BCUT2D eigenvalue weighted by Crippen LogP contribution is 2.32. The van der Waals surface area contributed by atoms with Crippen molar-refractivity contribution in [3.05, 3.63) is 35.5 Å². The average Bonchev–Trinajstić information content (AvgIpc) is 3.00. The van der Waals surface area contributed by atoms with E-state index in [0.717, 1.165) is 35.0 Å². The van der Waals surface area contributed by atoms with Gasteiger partial charge in [0.05, 0.1) is 0 Å². The van der Waals surface area contributed by atoms with Crippen LogP contribution in [-0.2, 0) is 6.54 Å². The Bertz CT molecular complexity index is 690. The molecule has 0 fully saturated rings. The molecule has 6 nitrogen and oxygen atoms in total. The van der Waals surface area contributed by atoms with Crippen molar-refractivity contribution in [2.45, 2.75) is 39.8 Å². The number of hydrogen-bond acceptors (Lipinski definition) is 6. The van der Waals surface area contributed by atoms with Gasteiger partial charge < -0.3 is 20.1 Å². The van der Waals surface area contributed by atoms with Crippen LogP contribution in [0.15, 0.2) is 24.3 Å². The molecule has 0 saturated carbocycles. The van der Waals surface area contributed by atoms with E-state index >= 15 is 0 Å². The lowest BCUT2D eigenvalue weighted by molar-refractivity contribution is 0.174. The Morgan fingerprint density at radius 2 is 2.00 bits per heavy atom. The van der Waals surface area contributed by atoms with Crippen molar-refractivity contribution < 1.29 is 9.47 Å². The Balaban J connectivity index is 1.68. The first-order valence-electron chi connectivity index (χ1n) is 7.88. The molecule has 3 rings (SSSR count). The largest absolute Gasteiger partial charge is 0.454 e. The predicted octanol–water partition coefficient (Wildman–Crippen LogP) is 3.34. The van der Waals surface area contributed by atoms with Crippen molar-refractivity contribution in [3.63, 3.8) is 0 Å². The number of ether oxygens (including phenoxy) is 2. The summed E-state index contributed by atoms with van der Waals surface area (Å²) in [6, 6.07) is 8.24. The normalized spacial score (nSPS) is 13.7. The highest BCUT2D eigenvalue weighted by molar-refractivity contribution is 5.46. The number of nitrogens with zero attached hydrogens (tertiary/aromatic N) is 2. The Hall–Kier alpha value is -2.50. The van der Waals surface area contributed by atoms with Gasteiger partial charge in [-0.25, -0.2) is 4.98 Å². The van der Waals surface area contributed by atoms with Gasteiger partial charge in [0.15, 0.2) is 11.5 Å². The fourth-order valence-corrected chi connectivity index (χ4v) is 2.31. The summed E-state index contributed by atoms with van der Waals surface area (Å²) in [5.74, 6) is 3.04. The van der Waals surface area contributed by atoms with Crippen molar-refractivity contribution in [1.82, 2.24) is 9.97 Å². The summed E-state index contributed by atoms with van der Waals surface area (Å²) in [7, 11) is 0. The molecule has 0 spiro atoms. The maximum atomic E-state index is 5.39. The van der Waals surface area contributed by atoms with Gasteiger partial charge in [0.2, 0.25) is 12.7 Å². The molecule has 2 N–H and O–H groups in total. The molecular weight excluding hydrogens is 292 g/mol. The van der Waals surface area contributed by atoms with Gasteiger partial charge in [-0.1, -0.05) is 13.0 Å². The number of rotatable bonds is 6. The molecule has 122 valence electrons. The van der Waals surface area contributed by atoms with E-state index in [2.05, 4.69) is 34.4 Å². The third kappa shape index (κ3) is 3.83. The third-order valence-corrected chi connectivity index (χ3v) is 3.75. The van der Waals surface area contributed by atoms with Crippen molar-refractivity contribution in [3.8, 4) is 11.5 Å². The Morgan fingerprint density at radius 3 is 2.83 bits per heavy atom. The molecule has 1 aromatic heterocycles. The number of fused-ring (bicyclic) bond motifs is 1. The van der Waals surface area contributed by atoms with Crippen LogP contribution in [-0.4, -0.2) is 22.8 Å². The zero-order chi connectivity index (χ0) is 16.2. The van der Waals surface area contributed by atoms with Crippen LogP contribution < -0.4 is 20.1 Å². The number of nitrogens with one attached hydrogen (secondary N) is 2.